The molecule has 1 heteroatoms. The van der Waals surface area contributed by atoms with E-state index in [4.69, 9.17) is 0 Å². The second-order valence-electron chi connectivity index (χ2n) is 2.92. The Bertz CT molecular complexity index is 101. The minimum atomic E-state index is 0.278. The van der Waals surface area contributed by atoms with Crippen molar-refractivity contribution in [1.29, 1.82) is 0 Å². The van der Waals surface area contributed by atoms with Gasteiger partial charge in [0.1, 0.15) is 6.10 Å². The molecule has 1 atom stereocenters. The summed E-state index contributed by atoms with van der Waals surface area (Å²) >= 11 is 0. The fourth-order valence-corrected chi connectivity index (χ4v) is 1.24. The minimum absolute atomic E-state index is 0.278. The molecule has 0 aromatic carbocycles. The molecule has 5 radical (unpaired) electrons. The van der Waals surface area contributed by atoms with Crippen molar-refractivity contribution in [3.05, 3.63) is 31.8 Å². The lowest BCUT2D eigenvalue weighted by molar-refractivity contribution is 0.251. The van der Waals surface area contributed by atoms with E-state index in [0.29, 0.717) is 6.10 Å². The summed E-state index contributed by atoms with van der Waals surface area (Å²) in [6.45, 7) is 2.17. The molecule has 1 saturated carbocycles. The van der Waals surface area contributed by atoms with Crippen LogP contribution in [0.4, 0.5) is 0 Å². The lowest BCUT2D eigenvalue weighted by Crippen LogP contribution is -2.18. The number of rotatable bonds is 3. The molecule has 1 unspecified atom stereocenters. The number of aliphatic hydroxyl groups excluding tert-OH is 1. The molecule has 1 rings (SSSR count). The molecule has 0 spiro atoms. The summed E-state index contributed by atoms with van der Waals surface area (Å²) in [7, 11) is 0. The SMILES string of the molecule is CCCCC1[CH][CH][CH][CH][C]1O. The highest BCUT2D eigenvalue weighted by atomic mass is 16.3. The zero-order valence-corrected chi connectivity index (χ0v) is 6.96. The van der Waals surface area contributed by atoms with Crippen LogP contribution in [0.1, 0.15) is 26.2 Å². The predicted octanol–water partition coefficient (Wildman–Crippen LogP) is 2.53. The van der Waals surface area contributed by atoms with Gasteiger partial charge in [0.25, 0.3) is 0 Å². The lowest BCUT2D eigenvalue weighted by Gasteiger charge is -2.25. The van der Waals surface area contributed by atoms with Crippen molar-refractivity contribution >= 4 is 0 Å². The van der Waals surface area contributed by atoms with Gasteiger partial charge < -0.3 is 5.11 Å². The molecule has 0 amide bonds. The van der Waals surface area contributed by atoms with Gasteiger partial charge in [-0.2, -0.15) is 0 Å². The van der Waals surface area contributed by atoms with Crippen LogP contribution in [0.3, 0.4) is 0 Å². The summed E-state index contributed by atoms with van der Waals surface area (Å²) in [5.74, 6) is 0.278. The predicted molar refractivity (Wildman–Crippen MR) is 45.4 cm³/mol. The maximum Gasteiger partial charge on any atom is 0.100 e. The lowest BCUT2D eigenvalue weighted by atomic mass is 9.83. The Morgan fingerprint density at radius 2 is 2.27 bits per heavy atom. The molecule has 61 valence electrons. The van der Waals surface area contributed by atoms with Gasteiger partial charge >= 0.3 is 0 Å². The Hall–Kier alpha value is -0.0400. The quantitative estimate of drug-likeness (QED) is 0.657. The highest BCUT2D eigenvalue weighted by molar-refractivity contribution is 5.24. The molecule has 0 aliphatic heterocycles. The standard InChI is InChI=1S/C10H15O/c1-2-3-6-9-7-4-5-8-10(9)11/h4-5,7-9,11H,2-3,6H2,1H3. The van der Waals surface area contributed by atoms with Crippen molar-refractivity contribution in [1.82, 2.24) is 0 Å². The van der Waals surface area contributed by atoms with E-state index in [1.165, 1.54) is 12.8 Å². The van der Waals surface area contributed by atoms with Gasteiger partial charge in [-0.3, -0.25) is 0 Å². The van der Waals surface area contributed by atoms with Gasteiger partial charge in [0, 0.05) is 6.42 Å². The molecular weight excluding hydrogens is 136 g/mol. The van der Waals surface area contributed by atoms with E-state index in [9.17, 15) is 5.11 Å². The van der Waals surface area contributed by atoms with Crippen molar-refractivity contribution in [2.24, 2.45) is 5.92 Å². The van der Waals surface area contributed by atoms with Crippen LogP contribution in [0.2, 0.25) is 0 Å². The van der Waals surface area contributed by atoms with Crippen LogP contribution in [0, 0.1) is 37.7 Å². The number of hydrogen-bond donors (Lipinski definition) is 1. The van der Waals surface area contributed by atoms with Crippen LogP contribution in [-0.4, -0.2) is 5.11 Å². The molecule has 0 aromatic rings. The van der Waals surface area contributed by atoms with Crippen molar-refractivity contribution in [3.8, 4) is 0 Å². The Kier molecular flexibility index (Phi) is 3.92. The zero-order valence-electron chi connectivity index (χ0n) is 6.96. The van der Waals surface area contributed by atoms with Crippen molar-refractivity contribution in [3.63, 3.8) is 0 Å². The van der Waals surface area contributed by atoms with E-state index in [2.05, 4.69) is 13.3 Å². The van der Waals surface area contributed by atoms with Gasteiger partial charge in [-0.15, -0.1) is 0 Å². The molecule has 1 aliphatic carbocycles. The first-order valence-corrected chi connectivity index (χ1v) is 4.25. The van der Waals surface area contributed by atoms with Crippen LogP contribution in [0.25, 0.3) is 0 Å². The largest absolute Gasteiger partial charge is 0.386 e. The molecule has 0 aromatic heterocycles. The van der Waals surface area contributed by atoms with Crippen LogP contribution >= 0.6 is 0 Å². The molecule has 11 heavy (non-hydrogen) atoms. The average Bonchev–Trinajstić information content (AvgIpc) is 2.03. The van der Waals surface area contributed by atoms with Crippen LogP contribution < -0.4 is 0 Å². The first-order valence-electron chi connectivity index (χ1n) is 4.25. The van der Waals surface area contributed by atoms with Gasteiger partial charge in [0.2, 0.25) is 0 Å². The number of unbranched alkanes of at least 4 members (excludes halogenated alkanes) is 1. The number of hydrogen-bond acceptors (Lipinski definition) is 1. The highest BCUT2D eigenvalue weighted by Gasteiger charge is 2.23. The van der Waals surface area contributed by atoms with Gasteiger partial charge in [0.05, 0.1) is 0 Å². The second-order valence-corrected chi connectivity index (χ2v) is 2.92. The monoisotopic (exact) mass is 151 g/mol. The fourth-order valence-electron chi connectivity index (χ4n) is 1.24. The van der Waals surface area contributed by atoms with Crippen LogP contribution in [0.5, 0.6) is 0 Å². The maximum absolute atomic E-state index is 9.37. The van der Waals surface area contributed by atoms with E-state index < -0.39 is 0 Å². The van der Waals surface area contributed by atoms with Crippen LogP contribution in [0.15, 0.2) is 0 Å². The Labute approximate surface area is 69.8 Å². The van der Waals surface area contributed by atoms with E-state index in [0.717, 1.165) is 6.42 Å². The molecule has 1 N–H and O–H groups in total. The summed E-state index contributed by atoms with van der Waals surface area (Å²) in [4.78, 5) is 0. The molecule has 1 aliphatic rings. The van der Waals surface area contributed by atoms with Gasteiger partial charge in [-0.05, 0) is 31.6 Å². The first kappa shape index (κ1) is 9.05. The molecule has 0 bridgehead atoms. The first-order chi connectivity index (χ1) is 5.34. The second kappa shape index (κ2) is 4.76. The molecule has 1 nitrogen and oxygen atoms in total. The molecule has 0 heterocycles. The van der Waals surface area contributed by atoms with Gasteiger partial charge in [-0.1, -0.05) is 19.8 Å². The van der Waals surface area contributed by atoms with Crippen molar-refractivity contribution < 1.29 is 5.11 Å². The van der Waals surface area contributed by atoms with E-state index in [-0.39, 0.29) is 5.92 Å². The summed E-state index contributed by atoms with van der Waals surface area (Å²) in [5, 5.41) is 9.37. The molecule has 1 fully saturated rings. The molecular formula is C10H15O. The maximum atomic E-state index is 9.37. The number of aliphatic hydroxyl groups is 1. The third kappa shape index (κ3) is 2.82. The molecule has 0 saturated heterocycles. The van der Waals surface area contributed by atoms with Crippen molar-refractivity contribution in [2.75, 3.05) is 0 Å². The summed E-state index contributed by atoms with van der Waals surface area (Å²) in [6, 6.07) is 0. The third-order valence-electron chi connectivity index (χ3n) is 1.97. The third-order valence-corrected chi connectivity index (χ3v) is 1.97. The summed E-state index contributed by atoms with van der Waals surface area (Å²) in [6.07, 6.45) is 11.7. The Morgan fingerprint density at radius 1 is 1.45 bits per heavy atom. The van der Waals surface area contributed by atoms with Gasteiger partial charge in [-0.25, -0.2) is 0 Å². The summed E-state index contributed by atoms with van der Waals surface area (Å²) in [5.41, 5.74) is 0. The normalized spacial score (nSPS) is 27.3. The van der Waals surface area contributed by atoms with Crippen molar-refractivity contribution in [2.45, 2.75) is 26.2 Å². The topological polar surface area (TPSA) is 20.2 Å². The average molecular weight is 151 g/mol. The highest BCUT2D eigenvalue weighted by Crippen LogP contribution is 2.30. The Balaban J connectivity index is 2.18. The fraction of sp³-hybridized carbons (Fsp3) is 0.500. The van der Waals surface area contributed by atoms with Crippen LogP contribution in [-0.2, 0) is 0 Å². The van der Waals surface area contributed by atoms with E-state index in [1.54, 1.807) is 6.42 Å². The minimum Gasteiger partial charge on any atom is -0.386 e. The smallest absolute Gasteiger partial charge is 0.100 e. The Morgan fingerprint density at radius 3 is 2.91 bits per heavy atom. The zero-order chi connectivity index (χ0) is 8.10. The summed E-state index contributed by atoms with van der Waals surface area (Å²) < 4.78 is 0. The van der Waals surface area contributed by atoms with Gasteiger partial charge in [0.15, 0.2) is 0 Å². The van der Waals surface area contributed by atoms with E-state index >= 15 is 0 Å². The van der Waals surface area contributed by atoms with E-state index in [1.807, 2.05) is 12.8 Å².